The average molecular weight is 222 g/mol. The molecule has 0 aliphatic carbocycles. The smallest absolute Gasteiger partial charge is 0.122 e. The van der Waals surface area contributed by atoms with Crippen LogP contribution in [0, 0.1) is 6.92 Å². The number of hydrogen-bond acceptors (Lipinski definition) is 3. The molecule has 0 aromatic heterocycles. The van der Waals surface area contributed by atoms with Gasteiger partial charge in [-0.15, -0.1) is 0 Å². The van der Waals surface area contributed by atoms with Gasteiger partial charge in [0, 0.05) is 11.6 Å². The predicted molar refractivity (Wildman–Crippen MR) is 67.5 cm³/mol. The maximum Gasteiger partial charge on any atom is 0.122 e. The van der Waals surface area contributed by atoms with Gasteiger partial charge < -0.3 is 16.2 Å². The SMILES string of the molecule is CCOc1ccc(C(N)C(C)(C)N)cc1C. The Morgan fingerprint density at radius 2 is 2.00 bits per heavy atom. The van der Waals surface area contributed by atoms with Crippen molar-refractivity contribution in [3.8, 4) is 5.75 Å². The summed E-state index contributed by atoms with van der Waals surface area (Å²) < 4.78 is 5.48. The van der Waals surface area contributed by atoms with Gasteiger partial charge in [0.25, 0.3) is 0 Å². The largest absolute Gasteiger partial charge is 0.494 e. The molecule has 0 saturated heterocycles. The van der Waals surface area contributed by atoms with Crippen LogP contribution < -0.4 is 16.2 Å². The van der Waals surface area contributed by atoms with Crippen LogP contribution in [0.1, 0.15) is 37.9 Å². The Morgan fingerprint density at radius 3 is 2.44 bits per heavy atom. The van der Waals surface area contributed by atoms with Crippen molar-refractivity contribution < 1.29 is 4.74 Å². The lowest BCUT2D eigenvalue weighted by Crippen LogP contribution is -2.43. The van der Waals surface area contributed by atoms with Crippen molar-refractivity contribution in [1.29, 1.82) is 0 Å². The molecule has 3 nitrogen and oxygen atoms in total. The van der Waals surface area contributed by atoms with E-state index in [1.54, 1.807) is 0 Å². The number of aryl methyl sites for hydroxylation is 1. The lowest BCUT2D eigenvalue weighted by atomic mass is 9.90. The number of hydrogen-bond donors (Lipinski definition) is 2. The fourth-order valence-corrected chi connectivity index (χ4v) is 1.61. The van der Waals surface area contributed by atoms with Crippen LogP contribution >= 0.6 is 0 Å². The molecule has 4 N–H and O–H groups in total. The number of nitrogens with two attached hydrogens (primary N) is 2. The molecular formula is C13H22N2O. The van der Waals surface area contributed by atoms with Gasteiger partial charge in [0.05, 0.1) is 6.61 Å². The third-order valence-corrected chi connectivity index (χ3v) is 2.66. The lowest BCUT2D eigenvalue weighted by Gasteiger charge is -2.27. The molecule has 16 heavy (non-hydrogen) atoms. The van der Waals surface area contributed by atoms with Crippen molar-refractivity contribution >= 4 is 0 Å². The van der Waals surface area contributed by atoms with E-state index in [9.17, 15) is 0 Å². The van der Waals surface area contributed by atoms with Crippen molar-refractivity contribution in [3.63, 3.8) is 0 Å². The molecule has 0 saturated carbocycles. The summed E-state index contributed by atoms with van der Waals surface area (Å²) in [6, 6.07) is 5.82. The van der Waals surface area contributed by atoms with Gasteiger partial charge in [-0.25, -0.2) is 0 Å². The normalized spacial score (nSPS) is 13.6. The van der Waals surface area contributed by atoms with Gasteiger partial charge in [-0.05, 0) is 44.9 Å². The minimum Gasteiger partial charge on any atom is -0.494 e. The zero-order valence-electron chi connectivity index (χ0n) is 10.6. The average Bonchev–Trinajstić information content (AvgIpc) is 2.19. The molecule has 1 atom stereocenters. The van der Waals surface area contributed by atoms with Gasteiger partial charge >= 0.3 is 0 Å². The van der Waals surface area contributed by atoms with Crippen LogP contribution in [0.2, 0.25) is 0 Å². The summed E-state index contributed by atoms with van der Waals surface area (Å²) in [4.78, 5) is 0. The Bertz CT molecular complexity index is 355. The van der Waals surface area contributed by atoms with Gasteiger partial charge in [0.1, 0.15) is 5.75 Å². The van der Waals surface area contributed by atoms with Crippen LogP contribution in [0.5, 0.6) is 5.75 Å². The van der Waals surface area contributed by atoms with Gasteiger partial charge in [-0.3, -0.25) is 0 Å². The predicted octanol–water partition coefficient (Wildman–Crippen LogP) is 2.13. The maximum absolute atomic E-state index is 6.10. The number of ether oxygens (including phenoxy) is 1. The summed E-state index contributed by atoms with van der Waals surface area (Å²) in [7, 11) is 0. The van der Waals surface area contributed by atoms with Crippen LogP contribution in [0.4, 0.5) is 0 Å². The Labute approximate surface area is 97.8 Å². The Morgan fingerprint density at radius 1 is 1.38 bits per heavy atom. The summed E-state index contributed by atoms with van der Waals surface area (Å²) in [6.07, 6.45) is 0. The van der Waals surface area contributed by atoms with E-state index in [-0.39, 0.29) is 6.04 Å². The minimum absolute atomic E-state index is 0.165. The van der Waals surface area contributed by atoms with Crippen LogP contribution in [0.15, 0.2) is 18.2 Å². The van der Waals surface area contributed by atoms with Crippen molar-refractivity contribution in [1.82, 2.24) is 0 Å². The van der Waals surface area contributed by atoms with E-state index in [1.807, 2.05) is 45.9 Å². The molecule has 1 aromatic rings. The fourth-order valence-electron chi connectivity index (χ4n) is 1.61. The molecule has 0 amide bonds. The molecule has 1 aromatic carbocycles. The van der Waals surface area contributed by atoms with E-state index >= 15 is 0 Å². The van der Waals surface area contributed by atoms with E-state index in [0.717, 1.165) is 16.9 Å². The highest BCUT2D eigenvalue weighted by Crippen LogP contribution is 2.26. The molecule has 0 radical (unpaired) electrons. The van der Waals surface area contributed by atoms with Gasteiger partial charge in [-0.1, -0.05) is 12.1 Å². The summed E-state index contributed by atoms with van der Waals surface area (Å²) in [5.41, 5.74) is 13.8. The molecule has 0 spiro atoms. The van der Waals surface area contributed by atoms with Crippen molar-refractivity contribution in [2.24, 2.45) is 11.5 Å². The summed E-state index contributed by atoms with van der Waals surface area (Å²) in [6.45, 7) is 8.54. The number of rotatable bonds is 4. The minimum atomic E-state index is -0.417. The second kappa shape index (κ2) is 4.85. The molecule has 0 heterocycles. The van der Waals surface area contributed by atoms with E-state index in [0.29, 0.717) is 6.61 Å². The summed E-state index contributed by atoms with van der Waals surface area (Å²) in [5.74, 6) is 0.910. The van der Waals surface area contributed by atoms with Crippen LogP contribution in [0.25, 0.3) is 0 Å². The summed E-state index contributed by atoms with van der Waals surface area (Å²) in [5, 5.41) is 0. The lowest BCUT2D eigenvalue weighted by molar-refractivity contribution is 0.337. The van der Waals surface area contributed by atoms with E-state index in [1.165, 1.54) is 0 Å². The fraction of sp³-hybridized carbons (Fsp3) is 0.538. The van der Waals surface area contributed by atoms with E-state index < -0.39 is 5.54 Å². The van der Waals surface area contributed by atoms with Gasteiger partial charge in [-0.2, -0.15) is 0 Å². The molecule has 0 aliphatic heterocycles. The molecule has 1 rings (SSSR count). The highest BCUT2D eigenvalue weighted by molar-refractivity contribution is 5.38. The highest BCUT2D eigenvalue weighted by Gasteiger charge is 2.23. The molecule has 0 fully saturated rings. The molecular weight excluding hydrogens is 200 g/mol. The van der Waals surface area contributed by atoms with Gasteiger partial charge in [0.15, 0.2) is 0 Å². The first-order valence-corrected chi connectivity index (χ1v) is 5.64. The second-order valence-corrected chi connectivity index (χ2v) is 4.76. The third-order valence-electron chi connectivity index (χ3n) is 2.66. The first-order chi connectivity index (χ1) is 7.36. The van der Waals surface area contributed by atoms with E-state index in [2.05, 4.69) is 0 Å². The van der Waals surface area contributed by atoms with Crippen molar-refractivity contribution in [3.05, 3.63) is 29.3 Å². The molecule has 1 unspecified atom stereocenters. The zero-order valence-corrected chi connectivity index (χ0v) is 10.6. The first kappa shape index (κ1) is 13.0. The van der Waals surface area contributed by atoms with Crippen molar-refractivity contribution in [2.75, 3.05) is 6.61 Å². The number of benzene rings is 1. The van der Waals surface area contributed by atoms with Crippen LogP contribution in [-0.2, 0) is 0 Å². The molecule has 0 bridgehead atoms. The third kappa shape index (κ3) is 2.97. The summed E-state index contributed by atoms with van der Waals surface area (Å²) >= 11 is 0. The zero-order chi connectivity index (χ0) is 12.3. The molecule has 90 valence electrons. The molecule has 0 aliphatic rings. The maximum atomic E-state index is 6.10. The standard InChI is InChI=1S/C13H22N2O/c1-5-16-11-7-6-10(8-9(11)2)12(14)13(3,4)15/h6-8,12H,5,14-15H2,1-4H3. The van der Waals surface area contributed by atoms with Crippen LogP contribution in [-0.4, -0.2) is 12.1 Å². The monoisotopic (exact) mass is 222 g/mol. The quantitative estimate of drug-likeness (QED) is 0.820. The Kier molecular flexibility index (Phi) is 3.94. The Hall–Kier alpha value is -1.06. The van der Waals surface area contributed by atoms with Crippen LogP contribution in [0.3, 0.4) is 0 Å². The highest BCUT2D eigenvalue weighted by atomic mass is 16.5. The topological polar surface area (TPSA) is 61.3 Å². The first-order valence-electron chi connectivity index (χ1n) is 5.64. The van der Waals surface area contributed by atoms with Gasteiger partial charge in [0.2, 0.25) is 0 Å². The molecule has 3 heteroatoms. The Balaban J connectivity index is 2.97. The van der Waals surface area contributed by atoms with Crippen molar-refractivity contribution in [2.45, 2.75) is 39.3 Å². The second-order valence-electron chi connectivity index (χ2n) is 4.76. The van der Waals surface area contributed by atoms with E-state index in [4.69, 9.17) is 16.2 Å².